The maximum atomic E-state index is 15.0. The molecule has 2 saturated heterocycles. The number of phenols is 1. The van der Waals surface area contributed by atoms with E-state index in [-0.39, 0.29) is 35.8 Å². The molecule has 2 aromatic heterocycles. The Hall–Kier alpha value is -4.33. The van der Waals surface area contributed by atoms with Crippen LogP contribution >= 0.6 is 45.5 Å². The largest absolute Gasteiger partial charge is 0.508 e. The number of nitrogens with zero attached hydrogens (tertiary/aromatic N) is 4. The van der Waals surface area contributed by atoms with Gasteiger partial charge in [-0.3, -0.25) is 28.8 Å². The van der Waals surface area contributed by atoms with Gasteiger partial charge in [-0.2, -0.15) is 5.10 Å². The van der Waals surface area contributed by atoms with E-state index in [1.807, 2.05) is 50.3 Å². The topological polar surface area (TPSA) is 113 Å². The van der Waals surface area contributed by atoms with E-state index in [4.69, 9.17) is 16.7 Å². The summed E-state index contributed by atoms with van der Waals surface area (Å²) in [6.07, 6.45) is 2.64. The lowest BCUT2D eigenvalue weighted by Gasteiger charge is -2.49. The van der Waals surface area contributed by atoms with Gasteiger partial charge in [0.1, 0.15) is 17.3 Å². The number of carbonyl (C=O) groups excluding carboxylic acids is 4. The van der Waals surface area contributed by atoms with Crippen LogP contribution in [0.2, 0.25) is 5.02 Å². The Balaban J connectivity index is 1.14. The number of imide groups is 2. The molecular weight excluding hydrogens is 811 g/mol. The number of hydrogen-bond donors (Lipinski definition) is 1. The Morgan fingerprint density at radius 1 is 0.923 bits per heavy atom. The van der Waals surface area contributed by atoms with Crippen molar-refractivity contribution in [2.45, 2.75) is 32.6 Å². The Morgan fingerprint density at radius 2 is 1.65 bits per heavy atom. The quantitative estimate of drug-likeness (QED) is 0.112. The molecule has 9 nitrogen and oxygen atoms in total. The number of aryl methyl sites for hydroxylation is 2. The fraction of sp³-hybridized carbons (Fsp3) is 0.275. The minimum atomic E-state index is -1.21. The summed E-state index contributed by atoms with van der Waals surface area (Å²) in [6, 6.07) is 21.6. The zero-order chi connectivity index (χ0) is 36.4. The number of aromatic nitrogens is 2. The Bertz CT molecular complexity index is 2420. The van der Waals surface area contributed by atoms with Gasteiger partial charge < -0.3 is 5.11 Å². The van der Waals surface area contributed by atoms with E-state index in [1.54, 1.807) is 65.5 Å². The number of benzene rings is 3. The first kappa shape index (κ1) is 33.5. The van der Waals surface area contributed by atoms with Crippen molar-refractivity contribution in [3.63, 3.8) is 0 Å². The predicted molar refractivity (Wildman–Crippen MR) is 208 cm³/mol. The van der Waals surface area contributed by atoms with Crippen molar-refractivity contribution in [1.29, 1.82) is 0 Å². The lowest BCUT2D eigenvalue weighted by Crippen LogP contribution is -2.48. The number of hydrogen-bond acceptors (Lipinski definition) is 7. The van der Waals surface area contributed by atoms with Gasteiger partial charge in [-0.25, -0.2) is 4.90 Å². The molecule has 4 aliphatic rings. The maximum Gasteiger partial charge on any atom is 0.242 e. The minimum absolute atomic E-state index is 0.0805. The number of allylic oxidation sites excluding steroid dienone is 2. The van der Waals surface area contributed by atoms with Gasteiger partial charge in [-0.15, -0.1) is 11.3 Å². The lowest BCUT2D eigenvalue weighted by atomic mass is 9.51. The fourth-order valence-corrected chi connectivity index (χ4v) is 11.0. The van der Waals surface area contributed by atoms with Gasteiger partial charge in [0.05, 0.1) is 33.7 Å². The van der Waals surface area contributed by atoms with Crippen molar-refractivity contribution in [2.75, 3.05) is 9.80 Å². The van der Waals surface area contributed by atoms with Crippen LogP contribution in [0, 0.1) is 39.6 Å². The van der Waals surface area contributed by atoms with Gasteiger partial charge in [0.2, 0.25) is 23.6 Å². The fourth-order valence-electron chi connectivity index (χ4n) is 9.34. The van der Waals surface area contributed by atoms with Crippen molar-refractivity contribution in [2.24, 2.45) is 36.1 Å². The van der Waals surface area contributed by atoms with E-state index in [2.05, 4.69) is 22.6 Å². The molecule has 0 unspecified atom stereocenters. The summed E-state index contributed by atoms with van der Waals surface area (Å²) in [5, 5.41) is 16.7. The molecule has 12 heteroatoms. The molecule has 3 fully saturated rings. The Morgan fingerprint density at radius 3 is 2.38 bits per heavy atom. The van der Waals surface area contributed by atoms with Crippen molar-refractivity contribution >= 4 is 90.7 Å². The summed E-state index contributed by atoms with van der Waals surface area (Å²) < 4.78 is 3.63. The van der Waals surface area contributed by atoms with Gasteiger partial charge in [-0.05, 0) is 126 Å². The average Bonchev–Trinajstić information content (AvgIpc) is 3.79. The van der Waals surface area contributed by atoms with Crippen LogP contribution in [-0.2, 0) is 26.2 Å². The second kappa shape index (κ2) is 11.8. The van der Waals surface area contributed by atoms with Crippen LogP contribution in [0.1, 0.15) is 36.8 Å². The van der Waals surface area contributed by atoms with Crippen molar-refractivity contribution in [1.82, 2.24) is 9.78 Å². The summed E-state index contributed by atoms with van der Waals surface area (Å²) >= 11 is 10.1. The molecule has 52 heavy (non-hydrogen) atoms. The Labute approximate surface area is 322 Å². The van der Waals surface area contributed by atoms with Crippen LogP contribution < -0.4 is 9.80 Å². The number of phenolic OH excluding ortho intramolecular Hbond substituents is 1. The van der Waals surface area contributed by atoms with Crippen molar-refractivity contribution < 1.29 is 24.3 Å². The molecule has 262 valence electrons. The van der Waals surface area contributed by atoms with E-state index in [0.29, 0.717) is 28.6 Å². The second-order valence-corrected chi connectivity index (χ2v) is 17.2. The molecule has 9 rings (SSSR count). The van der Waals surface area contributed by atoms with Crippen LogP contribution in [0.5, 0.6) is 5.75 Å². The van der Waals surface area contributed by atoms with E-state index in [9.17, 15) is 24.3 Å². The number of rotatable bonds is 4. The predicted octanol–water partition coefficient (Wildman–Crippen LogP) is 8.01. The highest BCUT2D eigenvalue weighted by Crippen LogP contribution is 2.64. The smallest absolute Gasteiger partial charge is 0.242 e. The van der Waals surface area contributed by atoms with Gasteiger partial charge in [0, 0.05) is 32.3 Å². The molecule has 1 saturated carbocycles. The maximum absolute atomic E-state index is 15.0. The first-order valence-corrected chi connectivity index (χ1v) is 19.4. The zero-order valence-electron chi connectivity index (χ0n) is 28.3. The summed E-state index contributed by atoms with van der Waals surface area (Å²) in [5.74, 6) is -3.77. The normalized spacial score (nSPS) is 26.9. The molecular formula is C40H32ClIN4O5S. The standard InChI is InChI=1S/C40H32ClIN4O5S/c1-19-27-16-21(41)6-15-31(27)52-35(19)30-18-32(44(3)43-30)46-37(49)29-17-28-25(34(40(29,2)39(46)51)20-4-11-24(47)12-5-20)13-14-26-33(28)38(50)45(36(26)48)23-9-7-22(42)8-10-23/h4-13,15-16,18,26,28-29,33-34,47H,14,17H2,1-3H3/t26-,28+,29-,33-,34-,40+/m0/s1. The number of anilines is 2. The molecule has 3 aromatic carbocycles. The number of carbonyl (C=O) groups is 4. The van der Waals surface area contributed by atoms with Gasteiger partial charge in [-0.1, -0.05) is 35.4 Å². The lowest BCUT2D eigenvalue weighted by molar-refractivity contribution is -0.131. The average molecular weight is 843 g/mol. The van der Waals surface area contributed by atoms with Crippen LogP contribution in [0.15, 0.2) is 84.4 Å². The van der Waals surface area contributed by atoms with E-state index < -0.39 is 35.0 Å². The van der Waals surface area contributed by atoms with E-state index in [1.165, 1.54) is 9.80 Å². The van der Waals surface area contributed by atoms with Gasteiger partial charge in [0.15, 0.2) is 0 Å². The second-order valence-electron chi connectivity index (χ2n) is 14.4. The third-order valence-electron chi connectivity index (χ3n) is 11.8. The van der Waals surface area contributed by atoms with Crippen LogP contribution in [-0.4, -0.2) is 38.5 Å². The first-order valence-electron chi connectivity index (χ1n) is 17.1. The monoisotopic (exact) mass is 842 g/mol. The Kier molecular flexibility index (Phi) is 7.63. The summed E-state index contributed by atoms with van der Waals surface area (Å²) in [7, 11) is 1.73. The molecule has 4 amide bonds. The minimum Gasteiger partial charge on any atom is -0.508 e. The molecule has 6 atom stereocenters. The molecule has 5 aromatic rings. The number of halogens is 2. The SMILES string of the molecule is Cc1c(-c2cc(N3C(=O)[C@@H]4C[C@@H]5C(=CC[C@@H]6C(=O)N(c7ccc(I)cc7)C(=O)[C@@H]65)[C@H](c5ccc(O)cc5)[C@]4(C)C3=O)n(C)n2)sc2ccc(Cl)cc12. The van der Waals surface area contributed by atoms with E-state index in [0.717, 1.165) is 35.2 Å². The number of amides is 4. The summed E-state index contributed by atoms with van der Waals surface area (Å²) in [6.45, 7) is 3.87. The molecule has 1 N–H and O–H groups in total. The number of aromatic hydroxyl groups is 1. The van der Waals surface area contributed by atoms with Crippen molar-refractivity contribution in [3.05, 3.63) is 104 Å². The van der Waals surface area contributed by atoms with Crippen LogP contribution in [0.25, 0.3) is 20.7 Å². The molecule has 2 aliphatic heterocycles. The molecule has 0 radical (unpaired) electrons. The first-order chi connectivity index (χ1) is 24.9. The van der Waals surface area contributed by atoms with Gasteiger partial charge >= 0.3 is 0 Å². The summed E-state index contributed by atoms with van der Waals surface area (Å²) in [5.41, 5.74) is 2.64. The number of fused-ring (bicyclic) bond motifs is 5. The highest BCUT2D eigenvalue weighted by Gasteiger charge is 2.68. The third-order valence-corrected chi connectivity index (χ3v) is 14.1. The number of thiophene rings is 1. The zero-order valence-corrected chi connectivity index (χ0v) is 32.1. The van der Waals surface area contributed by atoms with Crippen molar-refractivity contribution in [3.8, 4) is 16.3 Å². The van der Waals surface area contributed by atoms with Crippen LogP contribution in [0.3, 0.4) is 0 Å². The third kappa shape index (κ3) is 4.67. The van der Waals surface area contributed by atoms with Gasteiger partial charge in [0.25, 0.3) is 0 Å². The molecule has 0 spiro atoms. The summed E-state index contributed by atoms with van der Waals surface area (Å²) in [4.78, 5) is 61.5. The van der Waals surface area contributed by atoms with E-state index >= 15 is 0 Å². The highest BCUT2D eigenvalue weighted by molar-refractivity contribution is 14.1. The highest BCUT2D eigenvalue weighted by atomic mass is 127. The van der Waals surface area contributed by atoms with Crippen LogP contribution in [0.4, 0.5) is 11.5 Å². The molecule has 4 heterocycles. The molecule has 0 bridgehead atoms. The molecule has 2 aliphatic carbocycles.